The lowest BCUT2D eigenvalue weighted by atomic mass is 10.0. The van der Waals surface area contributed by atoms with Crippen molar-refractivity contribution in [3.05, 3.63) is 159 Å². The highest BCUT2D eigenvalue weighted by atomic mass is 79.9. The second kappa shape index (κ2) is 17.2. The largest absolute Gasteiger partial charge is 0.501 e. The van der Waals surface area contributed by atoms with Crippen LogP contribution in [-0.4, -0.2) is 26.4 Å². The summed E-state index contributed by atoms with van der Waals surface area (Å²) in [5.74, 6) is 0.321. The number of hydrogen-bond acceptors (Lipinski definition) is 3. The van der Waals surface area contributed by atoms with Gasteiger partial charge in [-0.1, -0.05) is 107 Å². The van der Waals surface area contributed by atoms with E-state index in [1.807, 2.05) is 85.0 Å². The molecule has 0 spiro atoms. The monoisotopic (exact) mass is 593 g/mol. The van der Waals surface area contributed by atoms with Crippen molar-refractivity contribution in [2.24, 2.45) is 0 Å². The van der Waals surface area contributed by atoms with Crippen molar-refractivity contribution in [1.82, 2.24) is 0 Å². The smallest absolute Gasteiger partial charge is 0.188 e. The Kier molecular flexibility index (Phi) is 12.9. The molecule has 2 unspecified atom stereocenters. The third-order valence-corrected chi connectivity index (χ3v) is 6.15. The van der Waals surface area contributed by atoms with Gasteiger partial charge < -0.3 is 14.2 Å². The van der Waals surface area contributed by atoms with E-state index >= 15 is 0 Å². The fourth-order valence-corrected chi connectivity index (χ4v) is 4.04. The third kappa shape index (κ3) is 10.4. The summed E-state index contributed by atoms with van der Waals surface area (Å²) in [6.07, 6.45) is 11.8. The van der Waals surface area contributed by atoms with E-state index in [0.29, 0.717) is 36.2 Å². The molecule has 3 aromatic rings. The normalized spacial score (nSPS) is 17.4. The summed E-state index contributed by atoms with van der Waals surface area (Å²) in [5.41, 5.74) is 4.24. The highest BCUT2D eigenvalue weighted by Crippen LogP contribution is 2.27. The van der Waals surface area contributed by atoms with E-state index in [1.165, 1.54) is 0 Å². The summed E-state index contributed by atoms with van der Waals surface area (Å²) in [7, 11) is 0. The zero-order valence-electron chi connectivity index (χ0n) is 21.8. The molecule has 0 bridgehead atoms. The molecule has 6 nitrogen and oxygen atoms in total. The van der Waals surface area contributed by atoms with Crippen molar-refractivity contribution in [2.45, 2.75) is 12.0 Å². The highest BCUT2D eigenvalue weighted by molar-refractivity contribution is 9.10. The second-order valence-corrected chi connectivity index (χ2v) is 9.38. The Bertz CT molecular complexity index is 1380. The van der Waals surface area contributed by atoms with Gasteiger partial charge in [-0.05, 0) is 23.3 Å². The molecule has 0 saturated heterocycles. The minimum absolute atomic E-state index is 0.0432. The van der Waals surface area contributed by atoms with Gasteiger partial charge in [-0.25, -0.2) is 14.5 Å². The van der Waals surface area contributed by atoms with E-state index in [2.05, 4.69) is 30.5 Å². The van der Waals surface area contributed by atoms with E-state index in [4.69, 9.17) is 33.9 Å². The first kappa shape index (κ1) is 30.1. The molecule has 0 aromatic heterocycles. The van der Waals surface area contributed by atoms with Crippen LogP contribution in [0.2, 0.25) is 0 Å². The highest BCUT2D eigenvalue weighted by Gasteiger charge is 2.13. The summed E-state index contributed by atoms with van der Waals surface area (Å²) in [5, 5.41) is 0. The van der Waals surface area contributed by atoms with E-state index in [-0.39, 0.29) is 6.10 Å². The van der Waals surface area contributed by atoms with Crippen molar-refractivity contribution >= 4 is 33.0 Å². The molecule has 0 fully saturated rings. The molecule has 3 heterocycles. The molecule has 2 atom stereocenters. The van der Waals surface area contributed by atoms with Gasteiger partial charge in [0.2, 0.25) is 0 Å². The maximum absolute atomic E-state index is 6.89. The number of hydrogen-bond donors (Lipinski definition) is 0. The zero-order chi connectivity index (χ0) is 28.4. The summed E-state index contributed by atoms with van der Waals surface area (Å²) in [6, 6.07) is 22.5. The molecule has 6 rings (SSSR count). The number of benzene rings is 3. The predicted octanol–water partition coefficient (Wildman–Crippen LogP) is 9.30. The molecule has 3 aromatic carbocycles. The van der Waals surface area contributed by atoms with E-state index in [9.17, 15) is 0 Å². The first-order valence-electron chi connectivity index (χ1n) is 12.5. The van der Waals surface area contributed by atoms with Gasteiger partial charge in [-0.15, -0.1) is 0 Å². The van der Waals surface area contributed by atoms with Crippen LogP contribution in [0.3, 0.4) is 0 Å². The fourth-order valence-electron chi connectivity index (χ4n) is 3.66. The van der Waals surface area contributed by atoms with Gasteiger partial charge in [0, 0.05) is 10.4 Å². The summed E-state index contributed by atoms with van der Waals surface area (Å²) in [4.78, 5) is 10.0. The van der Waals surface area contributed by atoms with Crippen LogP contribution in [0, 0.1) is 19.7 Å². The second-order valence-electron chi connectivity index (χ2n) is 8.46. The zero-order valence-corrected chi connectivity index (χ0v) is 23.4. The lowest BCUT2D eigenvalue weighted by Gasteiger charge is -2.08. The minimum atomic E-state index is 0.0432. The van der Waals surface area contributed by atoms with Gasteiger partial charge >= 0.3 is 0 Å². The molecule has 3 aliphatic rings. The first-order valence-corrected chi connectivity index (χ1v) is 13.3. The molecule has 0 aliphatic carbocycles. The predicted molar refractivity (Wildman–Crippen MR) is 161 cm³/mol. The minimum Gasteiger partial charge on any atom is -0.501 e. The summed E-state index contributed by atoms with van der Waals surface area (Å²) >= 11 is 3.26. The Hall–Kier alpha value is -4.45. The van der Waals surface area contributed by atoms with Crippen LogP contribution < -0.4 is 0 Å². The first-order chi connectivity index (χ1) is 19.6. The number of halogens is 1. The Balaban J connectivity index is 0.000000154. The quantitative estimate of drug-likeness (QED) is 0.219. The van der Waals surface area contributed by atoms with Gasteiger partial charge in [-0.3, -0.25) is 0 Å². The average Bonchev–Trinajstić information content (AvgIpc) is 3.83. The lowest BCUT2D eigenvalue weighted by molar-refractivity contribution is 0.129. The fraction of sp³-hybridized carbons (Fsp3) is 0.182. The molecule has 0 radical (unpaired) electrons. The number of nitrogens with zero attached hydrogens (tertiary/aromatic N) is 3. The van der Waals surface area contributed by atoms with Gasteiger partial charge in [-0.2, -0.15) is 0 Å². The van der Waals surface area contributed by atoms with Gasteiger partial charge in [0.05, 0.1) is 58.5 Å². The Morgan fingerprint density at radius 1 is 0.675 bits per heavy atom. The number of rotatable bonds is 2. The maximum Gasteiger partial charge on any atom is 0.188 e. The van der Waals surface area contributed by atoms with E-state index in [1.54, 1.807) is 24.5 Å². The van der Waals surface area contributed by atoms with Gasteiger partial charge in [0.15, 0.2) is 17.1 Å². The van der Waals surface area contributed by atoms with Crippen LogP contribution in [0.25, 0.3) is 14.5 Å². The Labute approximate surface area is 244 Å². The SMILES string of the molecule is C1=CCOC1.[C-]#[N+]c1cccc(Br)c1.[C-]#[N+]c1cccc(C2C=CCO2)c1.[C-]#[N+]c1cccc(C2C=COC2)c1. The molecule has 0 N–H and O–H groups in total. The van der Waals surface area contributed by atoms with Gasteiger partial charge in [0.1, 0.15) is 0 Å². The van der Waals surface area contributed by atoms with Crippen molar-refractivity contribution < 1.29 is 14.2 Å². The van der Waals surface area contributed by atoms with E-state index in [0.717, 1.165) is 28.8 Å². The molecule has 40 heavy (non-hydrogen) atoms. The molecule has 200 valence electrons. The van der Waals surface area contributed by atoms with Crippen LogP contribution in [0.4, 0.5) is 17.1 Å². The van der Waals surface area contributed by atoms with Gasteiger partial charge in [0.25, 0.3) is 0 Å². The maximum atomic E-state index is 6.89. The van der Waals surface area contributed by atoms with Crippen LogP contribution in [-0.2, 0) is 14.2 Å². The van der Waals surface area contributed by atoms with Crippen LogP contribution in [0.1, 0.15) is 23.1 Å². The standard InChI is InChI=1S/2C11H9NO.C7H4BrN.C4H6O/c1-12-10-5-2-4-9(8-10)11-6-3-7-13-11;1-12-11-4-2-3-9(7-11)10-5-6-13-8-10;1-9-7-4-2-3-6(8)5-7;1-2-4-5-3-1/h2-6,8,11H,7H2;2-7,10H,8H2;2-5H;1-2H,3-4H2. The molecule has 3 aliphatic heterocycles. The van der Waals surface area contributed by atoms with E-state index < -0.39 is 0 Å². The third-order valence-electron chi connectivity index (χ3n) is 5.65. The molecular weight excluding hydrogens is 566 g/mol. The van der Waals surface area contributed by atoms with Crippen molar-refractivity contribution in [1.29, 1.82) is 0 Å². The Morgan fingerprint density at radius 2 is 1.27 bits per heavy atom. The van der Waals surface area contributed by atoms with Crippen molar-refractivity contribution in [3.8, 4) is 0 Å². The summed E-state index contributed by atoms with van der Waals surface area (Å²) < 4.78 is 16.3. The lowest BCUT2D eigenvalue weighted by Crippen LogP contribution is -1.96. The molecule has 0 saturated carbocycles. The molecule has 0 amide bonds. The van der Waals surface area contributed by atoms with Crippen molar-refractivity contribution in [3.63, 3.8) is 0 Å². The molecule has 7 heteroatoms. The van der Waals surface area contributed by atoms with Crippen LogP contribution >= 0.6 is 15.9 Å². The summed E-state index contributed by atoms with van der Waals surface area (Å²) in [6.45, 7) is 23.4. The van der Waals surface area contributed by atoms with Crippen molar-refractivity contribution in [2.75, 3.05) is 26.4 Å². The number of ether oxygens (including phenoxy) is 3. The Morgan fingerprint density at radius 3 is 1.75 bits per heavy atom. The van der Waals surface area contributed by atoms with Crippen LogP contribution in [0.5, 0.6) is 0 Å². The van der Waals surface area contributed by atoms with Crippen LogP contribution in [0.15, 0.2) is 114 Å². The average molecular weight is 595 g/mol. The molecular formula is C33H28BrN3O3. The topological polar surface area (TPSA) is 40.8 Å².